The summed E-state index contributed by atoms with van der Waals surface area (Å²) in [5.74, 6) is 0.844. The summed E-state index contributed by atoms with van der Waals surface area (Å²) in [5, 5.41) is 5.73. The average Bonchev–Trinajstić information content (AvgIpc) is 3.17. The highest BCUT2D eigenvalue weighted by Crippen LogP contribution is 2.25. The molecule has 2 N–H and O–H groups in total. The summed E-state index contributed by atoms with van der Waals surface area (Å²) in [6.45, 7) is 3.26. The molecule has 0 aromatic heterocycles. The first-order valence-corrected chi connectivity index (χ1v) is 9.90. The zero-order valence-corrected chi connectivity index (χ0v) is 15.9. The summed E-state index contributed by atoms with van der Waals surface area (Å²) in [4.78, 5) is 25.8. The van der Waals surface area contributed by atoms with Gasteiger partial charge in [0.15, 0.2) is 0 Å². The molecule has 1 heterocycles. The Morgan fingerprint density at radius 1 is 1.11 bits per heavy atom. The molecule has 1 aliphatic heterocycles. The van der Waals surface area contributed by atoms with Crippen LogP contribution in [0.2, 0.25) is 0 Å². The van der Waals surface area contributed by atoms with E-state index in [1.807, 2.05) is 24.3 Å². The van der Waals surface area contributed by atoms with Crippen LogP contribution in [0.5, 0.6) is 5.75 Å². The molecule has 0 radical (unpaired) electrons. The van der Waals surface area contributed by atoms with E-state index >= 15 is 0 Å². The summed E-state index contributed by atoms with van der Waals surface area (Å²) >= 11 is 0. The average molecular weight is 375 g/mol. The molecule has 0 spiro atoms. The molecular formula is C20H29N3O4. The van der Waals surface area contributed by atoms with Crippen LogP contribution in [0.25, 0.3) is 0 Å². The number of amides is 3. The van der Waals surface area contributed by atoms with Crippen LogP contribution in [0.1, 0.15) is 45.4 Å². The second-order valence-corrected chi connectivity index (χ2v) is 7.13. The molecule has 1 saturated carbocycles. The Bertz CT molecular complexity index is 629. The van der Waals surface area contributed by atoms with Crippen molar-refractivity contribution in [2.24, 2.45) is 0 Å². The highest BCUT2D eigenvalue weighted by atomic mass is 16.5. The standard InChI is InChI=1S/C20H29N3O4/c1-2-26-20(25)22-16-6-5-13-23(14-16)19(24)21-15-9-11-18(12-10-15)27-17-7-3-4-8-17/h9-12,16-17H,2-8,13-14H2,1H3,(H,21,24)(H,22,25). The van der Waals surface area contributed by atoms with Crippen molar-refractivity contribution in [2.75, 3.05) is 25.0 Å². The Morgan fingerprint density at radius 2 is 1.85 bits per heavy atom. The predicted octanol–water partition coefficient (Wildman–Crippen LogP) is 3.75. The Hall–Kier alpha value is -2.44. The lowest BCUT2D eigenvalue weighted by molar-refractivity contribution is 0.137. The molecule has 27 heavy (non-hydrogen) atoms. The third kappa shape index (κ3) is 5.77. The van der Waals surface area contributed by atoms with Crippen LogP contribution in [-0.2, 0) is 4.74 Å². The van der Waals surface area contributed by atoms with Gasteiger partial charge in [-0.3, -0.25) is 0 Å². The first kappa shape index (κ1) is 19.3. The van der Waals surface area contributed by atoms with Gasteiger partial charge in [0.25, 0.3) is 0 Å². The fourth-order valence-corrected chi connectivity index (χ4v) is 3.64. The second-order valence-electron chi connectivity index (χ2n) is 7.13. The molecule has 0 bridgehead atoms. The van der Waals surface area contributed by atoms with Crippen molar-refractivity contribution in [1.82, 2.24) is 10.2 Å². The van der Waals surface area contributed by atoms with Gasteiger partial charge in [-0.05, 0) is 69.7 Å². The number of piperidine rings is 1. The maximum Gasteiger partial charge on any atom is 0.407 e. The quantitative estimate of drug-likeness (QED) is 0.821. The molecule has 7 nitrogen and oxygen atoms in total. The van der Waals surface area contributed by atoms with Crippen molar-refractivity contribution in [3.8, 4) is 5.75 Å². The van der Waals surface area contributed by atoms with Gasteiger partial charge >= 0.3 is 12.1 Å². The number of rotatable bonds is 5. The summed E-state index contributed by atoms with van der Waals surface area (Å²) in [5.41, 5.74) is 0.735. The second kappa shape index (κ2) is 9.48. The summed E-state index contributed by atoms with van der Waals surface area (Å²) in [6.07, 6.45) is 6.30. The molecule has 3 rings (SSSR count). The minimum absolute atomic E-state index is 0.0780. The van der Waals surface area contributed by atoms with Gasteiger partial charge in [0.1, 0.15) is 5.75 Å². The van der Waals surface area contributed by atoms with Gasteiger partial charge in [-0.1, -0.05) is 0 Å². The van der Waals surface area contributed by atoms with Crippen LogP contribution in [0.15, 0.2) is 24.3 Å². The maximum absolute atomic E-state index is 12.5. The normalized spacial score (nSPS) is 20.2. The number of alkyl carbamates (subject to hydrolysis) is 1. The molecule has 1 aromatic carbocycles. The van der Waals surface area contributed by atoms with E-state index in [4.69, 9.17) is 9.47 Å². The fraction of sp³-hybridized carbons (Fsp3) is 0.600. The monoisotopic (exact) mass is 375 g/mol. The van der Waals surface area contributed by atoms with E-state index in [1.54, 1.807) is 11.8 Å². The number of hydrogen-bond donors (Lipinski definition) is 2. The molecule has 3 amide bonds. The van der Waals surface area contributed by atoms with Crippen molar-refractivity contribution < 1.29 is 19.1 Å². The van der Waals surface area contributed by atoms with Crippen molar-refractivity contribution in [1.29, 1.82) is 0 Å². The number of nitrogens with zero attached hydrogens (tertiary/aromatic N) is 1. The number of carbonyl (C=O) groups is 2. The molecule has 1 unspecified atom stereocenters. The van der Waals surface area contributed by atoms with E-state index in [-0.39, 0.29) is 12.1 Å². The Balaban J connectivity index is 1.48. The van der Waals surface area contributed by atoms with E-state index in [1.165, 1.54) is 12.8 Å². The van der Waals surface area contributed by atoms with Gasteiger partial charge in [-0.15, -0.1) is 0 Å². The molecule has 2 fully saturated rings. The van der Waals surface area contributed by atoms with Gasteiger partial charge in [0, 0.05) is 24.8 Å². The van der Waals surface area contributed by atoms with E-state index in [9.17, 15) is 9.59 Å². The van der Waals surface area contributed by atoms with E-state index < -0.39 is 6.09 Å². The lowest BCUT2D eigenvalue weighted by Crippen LogP contribution is -2.50. The molecule has 1 atom stereocenters. The number of hydrogen-bond acceptors (Lipinski definition) is 4. The van der Waals surface area contributed by atoms with Gasteiger partial charge < -0.3 is 25.0 Å². The van der Waals surface area contributed by atoms with Gasteiger partial charge in [0.2, 0.25) is 0 Å². The van der Waals surface area contributed by atoms with Crippen LogP contribution in [0, 0.1) is 0 Å². The number of carbonyl (C=O) groups excluding carboxylic acids is 2. The van der Waals surface area contributed by atoms with Crippen LogP contribution < -0.4 is 15.4 Å². The highest BCUT2D eigenvalue weighted by Gasteiger charge is 2.25. The SMILES string of the molecule is CCOC(=O)NC1CCCN(C(=O)Nc2ccc(OC3CCCC3)cc2)C1. The van der Waals surface area contributed by atoms with Gasteiger partial charge in [-0.2, -0.15) is 0 Å². The summed E-state index contributed by atoms with van der Waals surface area (Å²) < 4.78 is 10.9. The van der Waals surface area contributed by atoms with E-state index in [2.05, 4.69) is 10.6 Å². The molecule has 1 aromatic rings. The number of nitrogens with one attached hydrogen (secondary N) is 2. The van der Waals surface area contributed by atoms with Gasteiger partial charge in [-0.25, -0.2) is 9.59 Å². The minimum atomic E-state index is -0.428. The summed E-state index contributed by atoms with van der Waals surface area (Å²) in [7, 11) is 0. The third-order valence-electron chi connectivity index (χ3n) is 5.02. The predicted molar refractivity (Wildman–Crippen MR) is 103 cm³/mol. The zero-order chi connectivity index (χ0) is 19.1. The van der Waals surface area contributed by atoms with Gasteiger partial charge in [0.05, 0.1) is 12.7 Å². The Morgan fingerprint density at radius 3 is 2.56 bits per heavy atom. The number of likely N-dealkylation sites (tertiary alicyclic amines) is 1. The molecule has 7 heteroatoms. The lowest BCUT2D eigenvalue weighted by atomic mass is 10.1. The fourth-order valence-electron chi connectivity index (χ4n) is 3.64. The third-order valence-corrected chi connectivity index (χ3v) is 5.02. The number of ether oxygens (including phenoxy) is 2. The Kier molecular flexibility index (Phi) is 6.79. The molecule has 2 aliphatic rings. The maximum atomic E-state index is 12.5. The number of benzene rings is 1. The van der Waals surface area contributed by atoms with Crippen LogP contribution in [0.3, 0.4) is 0 Å². The van der Waals surface area contributed by atoms with Crippen molar-refractivity contribution in [3.05, 3.63) is 24.3 Å². The lowest BCUT2D eigenvalue weighted by Gasteiger charge is -2.32. The first-order valence-electron chi connectivity index (χ1n) is 9.90. The highest BCUT2D eigenvalue weighted by molar-refractivity contribution is 5.89. The Labute approximate surface area is 160 Å². The van der Waals surface area contributed by atoms with E-state index in [0.717, 1.165) is 37.1 Å². The number of urea groups is 1. The van der Waals surface area contributed by atoms with Crippen LogP contribution in [-0.4, -0.2) is 48.9 Å². The van der Waals surface area contributed by atoms with Crippen LogP contribution in [0.4, 0.5) is 15.3 Å². The topological polar surface area (TPSA) is 79.9 Å². The molecule has 1 aliphatic carbocycles. The molecule has 1 saturated heterocycles. The largest absolute Gasteiger partial charge is 0.490 e. The minimum Gasteiger partial charge on any atom is -0.490 e. The molecule has 148 valence electrons. The smallest absolute Gasteiger partial charge is 0.407 e. The number of anilines is 1. The first-order chi connectivity index (χ1) is 13.1. The van der Waals surface area contributed by atoms with Crippen LogP contribution >= 0.6 is 0 Å². The molecular weight excluding hydrogens is 346 g/mol. The van der Waals surface area contributed by atoms with Crippen molar-refractivity contribution >= 4 is 17.8 Å². The van der Waals surface area contributed by atoms with Crippen molar-refractivity contribution in [3.63, 3.8) is 0 Å². The van der Waals surface area contributed by atoms with Crippen molar-refractivity contribution in [2.45, 2.75) is 57.6 Å². The summed E-state index contributed by atoms with van der Waals surface area (Å²) in [6, 6.07) is 7.28. The zero-order valence-electron chi connectivity index (χ0n) is 15.9. The van der Waals surface area contributed by atoms with E-state index in [0.29, 0.717) is 25.8 Å².